The first-order chi connectivity index (χ1) is 15.6. The lowest BCUT2D eigenvalue weighted by Crippen LogP contribution is -2.31. The zero-order valence-electron chi connectivity index (χ0n) is 17.3. The standard InChI is InChI=1S/C25H20FN5O/c1-30-14-13-27-24(30)23(18-5-4-6-19(26)15-18)29-25(32)17-9-11-20(12-10-17)31-16-28-21-7-2-3-8-22(21)31/h2-16,23H,1H3,(H,29,32). The van der Waals surface area contributed by atoms with Crippen molar-refractivity contribution in [2.75, 3.05) is 0 Å². The van der Waals surface area contributed by atoms with Gasteiger partial charge in [-0.05, 0) is 54.1 Å². The molecule has 7 heteroatoms. The first-order valence-electron chi connectivity index (χ1n) is 10.2. The van der Waals surface area contributed by atoms with E-state index < -0.39 is 6.04 Å². The molecule has 0 radical (unpaired) electrons. The Hall–Kier alpha value is -4.26. The van der Waals surface area contributed by atoms with Gasteiger partial charge in [-0.1, -0.05) is 24.3 Å². The fourth-order valence-electron chi connectivity index (χ4n) is 3.79. The lowest BCUT2D eigenvalue weighted by atomic mass is 10.0. The highest BCUT2D eigenvalue weighted by atomic mass is 19.1. The van der Waals surface area contributed by atoms with E-state index in [2.05, 4.69) is 15.3 Å². The number of para-hydroxylation sites is 2. The Morgan fingerprint density at radius 2 is 1.81 bits per heavy atom. The van der Waals surface area contributed by atoms with Crippen molar-refractivity contribution in [2.24, 2.45) is 7.05 Å². The molecule has 0 saturated heterocycles. The normalized spacial score (nSPS) is 12.1. The van der Waals surface area contributed by atoms with Crippen LogP contribution in [0.4, 0.5) is 4.39 Å². The zero-order chi connectivity index (χ0) is 22.1. The molecule has 3 aromatic carbocycles. The summed E-state index contributed by atoms with van der Waals surface area (Å²) in [7, 11) is 1.84. The Morgan fingerprint density at radius 3 is 2.56 bits per heavy atom. The van der Waals surface area contributed by atoms with Crippen LogP contribution in [0.3, 0.4) is 0 Å². The molecule has 158 valence electrons. The Bertz CT molecular complexity index is 1400. The van der Waals surface area contributed by atoms with Crippen LogP contribution in [0, 0.1) is 5.82 Å². The number of aromatic nitrogens is 4. The molecular weight excluding hydrogens is 405 g/mol. The summed E-state index contributed by atoms with van der Waals surface area (Å²) in [4.78, 5) is 21.8. The minimum atomic E-state index is -0.588. The maximum absolute atomic E-state index is 13.9. The van der Waals surface area contributed by atoms with Gasteiger partial charge in [0.2, 0.25) is 0 Å². The molecule has 6 nitrogen and oxygen atoms in total. The number of nitrogens with one attached hydrogen (secondary N) is 1. The summed E-state index contributed by atoms with van der Waals surface area (Å²) in [5.41, 5.74) is 3.91. The molecule has 2 heterocycles. The van der Waals surface area contributed by atoms with Gasteiger partial charge in [-0.15, -0.1) is 0 Å². The number of rotatable bonds is 5. The smallest absolute Gasteiger partial charge is 0.252 e. The second kappa shape index (κ2) is 8.11. The van der Waals surface area contributed by atoms with E-state index in [1.54, 1.807) is 43.0 Å². The predicted molar refractivity (Wildman–Crippen MR) is 120 cm³/mol. The Kier molecular flexibility index (Phi) is 4.99. The SMILES string of the molecule is Cn1ccnc1C(NC(=O)c1ccc(-n2cnc3ccccc32)cc1)c1cccc(F)c1. The Labute approximate surface area is 184 Å². The first-order valence-corrected chi connectivity index (χ1v) is 10.2. The van der Waals surface area contributed by atoms with Crippen molar-refractivity contribution in [1.29, 1.82) is 0 Å². The van der Waals surface area contributed by atoms with E-state index in [-0.39, 0.29) is 11.7 Å². The van der Waals surface area contributed by atoms with Crippen LogP contribution in [-0.4, -0.2) is 25.0 Å². The van der Waals surface area contributed by atoms with E-state index in [4.69, 9.17) is 0 Å². The molecule has 0 spiro atoms. The summed E-state index contributed by atoms with van der Waals surface area (Å²) in [6.07, 6.45) is 5.21. The monoisotopic (exact) mass is 425 g/mol. The van der Waals surface area contributed by atoms with Gasteiger partial charge < -0.3 is 9.88 Å². The van der Waals surface area contributed by atoms with Gasteiger partial charge in [-0.25, -0.2) is 14.4 Å². The highest BCUT2D eigenvalue weighted by Crippen LogP contribution is 2.23. The number of halogens is 1. The van der Waals surface area contributed by atoms with E-state index in [9.17, 15) is 9.18 Å². The molecule has 0 aliphatic rings. The van der Waals surface area contributed by atoms with Gasteiger partial charge in [0.1, 0.15) is 24.0 Å². The third-order valence-corrected chi connectivity index (χ3v) is 5.44. The van der Waals surface area contributed by atoms with E-state index in [1.807, 2.05) is 52.6 Å². The summed E-state index contributed by atoms with van der Waals surface area (Å²) in [5, 5.41) is 3.00. The molecule has 2 aromatic heterocycles. The van der Waals surface area contributed by atoms with Crippen LogP contribution in [0.5, 0.6) is 0 Å². The highest BCUT2D eigenvalue weighted by molar-refractivity contribution is 5.95. The number of carbonyl (C=O) groups is 1. The quantitative estimate of drug-likeness (QED) is 0.453. The average molecular weight is 425 g/mol. The minimum absolute atomic E-state index is 0.274. The summed E-state index contributed by atoms with van der Waals surface area (Å²) in [6.45, 7) is 0. The molecule has 32 heavy (non-hydrogen) atoms. The van der Waals surface area contributed by atoms with Gasteiger partial charge in [0.15, 0.2) is 0 Å². The number of benzene rings is 3. The molecule has 1 unspecified atom stereocenters. The van der Waals surface area contributed by atoms with Crippen LogP contribution in [-0.2, 0) is 7.05 Å². The average Bonchev–Trinajstić information content (AvgIpc) is 3.43. The van der Waals surface area contributed by atoms with Crippen molar-refractivity contribution in [3.8, 4) is 5.69 Å². The van der Waals surface area contributed by atoms with Gasteiger partial charge in [-0.3, -0.25) is 9.36 Å². The molecule has 5 aromatic rings. The van der Waals surface area contributed by atoms with Crippen molar-refractivity contribution in [1.82, 2.24) is 24.4 Å². The third-order valence-electron chi connectivity index (χ3n) is 5.44. The number of nitrogens with zero attached hydrogens (tertiary/aromatic N) is 4. The van der Waals surface area contributed by atoms with Crippen molar-refractivity contribution in [3.05, 3.63) is 114 Å². The van der Waals surface area contributed by atoms with Crippen molar-refractivity contribution in [3.63, 3.8) is 0 Å². The summed E-state index contributed by atoms with van der Waals surface area (Å²) in [5.74, 6) is -0.0253. The van der Waals surface area contributed by atoms with Crippen molar-refractivity contribution >= 4 is 16.9 Å². The fraction of sp³-hybridized carbons (Fsp3) is 0.0800. The third kappa shape index (κ3) is 3.65. The lowest BCUT2D eigenvalue weighted by Gasteiger charge is -2.19. The zero-order valence-corrected chi connectivity index (χ0v) is 17.3. The van der Waals surface area contributed by atoms with Crippen LogP contribution in [0.2, 0.25) is 0 Å². The number of amides is 1. The number of hydrogen-bond acceptors (Lipinski definition) is 3. The molecule has 0 fully saturated rings. The number of carbonyl (C=O) groups excluding carboxylic acids is 1. The van der Waals surface area contributed by atoms with E-state index >= 15 is 0 Å². The lowest BCUT2D eigenvalue weighted by molar-refractivity contribution is 0.0941. The fourth-order valence-corrected chi connectivity index (χ4v) is 3.79. The number of fused-ring (bicyclic) bond motifs is 1. The van der Waals surface area contributed by atoms with Crippen LogP contribution >= 0.6 is 0 Å². The molecule has 1 N–H and O–H groups in total. The number of imidazole rings is 2. The summed E-state index contributed by atoms with van der Waals surface area (Å²) < 4.78 is 17.7. The molecule has 5 rings (SSSR count). The second-order valence-corrected chi connectivity index (χ2v) is 7.51. The van der Waals surface area contributed by atoms with Crippen LogP contribution in [0.1, 0.15) is 27.8 Å². The predicted octanol–water partition coefficient (Wildman–Crippen LogP) is 4.42. The molecule has 1 amide bonds. The maximum atomic E-state index is 13.9. The van der Waals surface area contributed by atoms with Crippen LogP contribution < -0.4 is 5.32 Å². The van der Waals surface area contributed by atoms with E-state index in [0.717, 1.165) is 16.7 Å². The Balaban J connectivity index is 1.43. The van der Waals surface area contributed by atoms with Crippen LogP contribution in [0.15, 0.2) is 91.5 Å². The molecule has 0 aliphatic carbocycles. The number of hydrogen-bond donors (Lipinski definition) is 1. The van der Waals surface area contributed by atoms with Crippen molar-refractivity contribution in [2.45, 2.75) is 6.04 Å². The minimum Gasteiger partial charge on any atom is -0.338 e. The largest absolute Gasteiger partial charge is 0.338 e. The van der Waals surface area contributed by atoms with Gasteiger partial charge >= 0.3 is 0 Å². The first kappa shape index (κ1) is 19.7. The second-order valence-electron chi connectivity index (χ2n) is 7.51. The van der Waals surface area contributed by atoms with Crippen molar-refractivity contribution < 1.29 is 9.18 Å². The molecular formula is C25H20FN5O. The molecule has 0 bridgehead atoms. The van der Waals surface area contributed by atoms with E-state index in [1.165, 1.54) is 12.1 Å². The Morgan fingerprint density at radius 1 is 1.00 bits per heavy atom. The molecule has 0 aliphatic heterocycles. The van der Waals surface area contributed by atoms with Gasteiger partial charge in [-0.2, -0.15) is 0 Å². The topological polar surface area (TPSA) is 64.7 Å². The van der Waals surface area contributed by atoms with Gasteiger partial charge in [0.05, 0.1) is 11.0 Å². The van der Waals surface area contributed by atoms with E-state index in [0.29, 0.717) is 17.0 Å². The van der Waals surface area contributed by atoms with Gasteiger partial charge in [0, 0.05) is 30.7 Å². The number of aryl methyl sites for hydroxylation is 1. The summed E-state index contributed by atoms with van der Waals surface area (Å²) >= 11 is 0. The maximum Gasteiger partial charge on any atom is 0.252 e. The highest BCUT2D eigenvalue weighted by Gasteiger charge is 2.22. The molecule has 0 saturated carbocycles. The van der Waals surface area contributed by atoms with Crippen LogP contribution in [0.25, 0.3) is 16.7 Å². The molecule has 1 atom stereocenters. The summed E-state index contributed by atoms with van der Waals surface area (Å²) in [6, 6.07) is 20.7. The van der Waals surface area contributed by atoms with Gasteiger partial charge in [0.25, 0.3) is 5.91 Å².